The topological polar surface area (TPSA) is 193 Å². The molecule has 14 nitrogen and oxygen atoms in total. The summed E-state index contributed by atoms with van der Waals surface area (Å²) in [6.45, 7) is 13.3. The fraction of sp³-hybridized carbons (Fsp3) is 0.488. The lowest BCUT2D eigenvalue weighted by Gasteiger charge is -2.40. The number of pyridine rings is 1. The number of carbonyl (C=O) groups excluding carboxylic acids is 3. The summed E-state index contributed by atoms with van der Waals surface area (Å²) < 4.78 is 39.8. The molecule has 2 saturated carbocycles. The first kappa shape index (κ1) is 40.5. The van der Waals surface area contributed by atoms with Crippen molar-refractivity contribution in [1.82, 2.24) is 25.2 Å². The second-order valence-electron chi connectivity index (χ2n) is 17.0. The Morgan fingerprint density at radius 3 is 2.36 bits per heavy atom. The van der Waals surface area contributed by atoms with Crippen molar-refractivity contribution in [3.8, 4) is 22.8 Å². The van der Waals surface area contributed by atoms with Crippen molar-refractivity contribution in [2.75, 3.05) is 13.7 Å². The Balaban J connectivity index is 1.36. The molecule has 4 N–H and O–H groups in total. The van der Waals surface area contributed by atoms with Crippen LogP contribution in [0.4, 0.5) is 4.79 Å². The Bertz CT molecular complexity index is 2150. The van der Waals surface area contributed by atoms with E-state index in [-0.39, 0.29) is 24.8 Å². The number of methoxy groups -OCH3 is 1. The lowest BCUT2D eigenvalue weighted by molar-refractivity contribution is -0.143. The molecule has 1 saturated heterocycles. The van der Waals surface area contributed by atoms with Gasteiger partial charge in [0, 0.05) is 35.4 Å². The normalized spacial score (nSPS) is 22.8. The number of nitrogens with one attached hydrogen (secondary N) is 3. The van der Waals surface area contributed by atoms with Crippen LogP contribution in [0.3, 0.4) is 0 Å². The van der Waals surface area contributed by atoms with E-state index in [0.717, 1.165) is 5.56 Å². The molecule has 1 aliphatic heterocycles. The highest BCUT2D eigenvalue weighted by atomic mass is 32.2. The van der Waals surface area contributed by atoms with E-state index in [2.05, 4.69) is 21.9 Å². The zero-order valence-electron chi connectivity index (χ0n) is 32.6. The largest absolute Gasteiger partial charge is 0.497 e. The number of carboxylic acid groups (broad SMARTS) is 1. The highest BCUT2D eigenvalue weighted by Crippen LogP contribution is 2.46. The molecule has 2 aromatic carbocycles. The van der Waals surface area contributed by atoms with E-state index in [9.17, 15) is 32.7 Å². The summed E-state index contributed by atoms with van der Waals surface area (Å²) in [5.41, 5.74) is -0.739. The van der Waals surface area contributed by atoms with Crippen LogP contribution in [0.25, 0.3) is 22.2 Å². The monoisotopic (exact) mass is 789 g/mol. The molecule has 3 fully saturated rings. The summed E-state index contributed by atoms with van der Waals surface area (Å²) in [4.78, 5) is 61.1. The summed E-state index contributed by atoms with van der Waals surface area (Å²) in [6, 6.07) is 14.2. The standard InChI is InChI=1S/C41H51N5O9S/c1-8-25-21-41(25,37(49)45-56(52,53)28-15-16-28)44-35(47)32-19-27(22-46(32)36(48)34(43-38(50)51)40(5,6)23-39(2,3)4)55-33-20-30(24-12-10-9-11-13-24)42-31-18-26(54-7)14-17-29(31)33/h8-14,17-18,20,25,27-28,32,34,43H,1,15-16,19,21-23H2,2-7H3,(H,44,47)(H,45,49)(H,50,51)/t25-,27-,32+,34-,41-/m1/s1. The van der Waals surface area contributed by atoms with E-state index in [1.54, 1.807) is 39.2 Å². The highest BCUT2D eigenvalue weighted by molar-refractivity contribution is 7.91. The van der Waals surface area contributed by atoms with Crippen LogP contribution in [0.15, 0.2) is 67.3 Å². The van der Waals surface area contributed by atoms with E-state index in [1.807, 2.05) is 57.2 Å². The Hall–Kier alpha value is -5.18. The second kappa shape index (κ2) is 15.1. The number of amides is 4. The summed E-state index contributed by atoms with van der Waals surface area (Å²) in [5.74, 6) is -1.72. The average molecular weight is 790 g/mol. The summed E-state index contributed by atoms with van der Waals surface area (Å²) in [5, 5.41) is 15.1. The van der Waals surface area contributed by atoms with Gasteiger partial charge in [0.1, 0.15) is 35.2 Å². The number of aromatic nitrogens is 1. The second-order valence-corrected chi connectivity index (χ2v) is 19.0. The first-order valence-electron chi connectivity index (χ1n) is 18.8. The van der Waals surface area contributed by atoms with E-state index in [4.69, 9.17) is 14.5 Å². The van der Waals surface area contributed by atoms with Crippen LogP contribution in [0.2, 0.25) is 0 Å². The van der Waals surface area contributed by atoms with Gasteiger partial charge in [-0.2, -0.15) is 0 Å². The Morgan fingerprint density at radius 2 is 1.77 bits per heavy atom. The minimum Gasteiger partial charge on any atom is -0.497 e. The average Bonchev–Trinajstić information content (AvgIpc) is 4.06. The van der Waals surface area contributed by atoms with Gasteiger partial charge in [-0.05, 0) is 48.6 Å². The van der Waals surface area contributed by atoms with Gasteiger partial charge >= 0.3 is 6.09 Å². The third-order valence-electron chi connectivity index (χ3n) is 10.7. The van der Waals surface area contributed by atoms with Gasteiger partial charge in [-0.25, -0.2) is 18.2 Å². The van der Waals surface area contributed by atoms with Crippen molar-refractivity contribution >= 4 is 44.7 Å². The number of fused-ring (bicyclic) bond motifs is 1. The van der Waals surface area contributed by atoms with Gasteiger partial charge in [0.25, 0.3) is 5.91 Å². The molecule has 15 heteroatoms. The number of ether oxygens (including phenoxy) is 2. The van der Waals surface area contributed by atoms with Crippen LogP contribution in [0.5, 0.6) is 11.5 Å². The summed E-state index contributed by atoms with van der Waals surface area (Å²) in [7, 11) is -2.37. The Kier molecular flexibility index (Phi) is 10.9. The number of benzene rings is 2. The minimum absolute atomic E-state index is 0.0193. The Morgan fingerprint density at radius 1 is 1.07 bits per heavy atom. The summed E-state index contributed by atoms with van der Waals surface area (Å²) >= 11 is 0. The molecule has 300 valence electrons. The Labute approximate surface area is 327 Å². The van der Waals surface area contributed by atoms with Crippen molar-refractivity contribution in [2.45, 2.75) is 95.7 Å². The lowest BCUT2D eigenvalue weighted by atomic mass is 9.71. The van der Waals surface area contributed by atoms with Crippen molar-refractivity contribution in [3.05, 3.63) is 67.3 Å². The van der Waals surface area contributed by atoms with Gasteiger partial charge in [0.2, 0.25) is 21.8 Å². The number of carbonyl (C=O) groups is 4. The first-order valence-corrected chi connectivity index (χ1v) is 20.3. The SMILES string of the molecule is C=C[C@@H]1C[C@]1(NC(=O)[C@@H]1C[C@@H](Oc2cc(-c3ccccc3)nc3cc(OC)ccc23)CN1C(=O)[C@@H](NC(=O)O)C(C)(C)CC(C)(C)C)C(=O)NS(=O)(=O)C1CC1. The van der Waals surface area contributed by atoms with Crippen LogP contribution in [0.1, 0.15) is 66.7 Å². The molecule has 4 amide bonds. The van der Waals surface area contributed by atoms with Crippen molar-refractivity contribution in [3.63, 3.8) is 0 Å². The molecule has 1 aromatic heterocycles. The van der Waals surface area contributed by atoms with E-state index in [0.29, 0.717) is 47.4 Å². The van der Waals surface area contributed by atoms with Gasteiger partial charge in [-0.1, -0.05) is 71.0 Å². The highest BCUT2D eigenvalue weighted by Gasteiger charge is 2.62. The predicted octanol–water partition coefficient (Wildman–Crippen LogP) is 5.03. The van der Waals surface area contributed by atoms with Crippen molar-refractivity contribution < 1.29 is 42.2 Å². The number of nitrogens with zero attached hydrogens (tertiary/aromatic N) is 2. The quantitative estimate of drug-likeness (QED) is 0.161. The number of likely N-dealkylation sites (tertiary alicyclic amines) is 1. The van der Waals surface area contributed by atoms with Gasteiger partial charge in [0.15, 0.2) is 0 Å². The summed E-state index contributed by atoms with van der Waals surface area (Å²) in [6.07, 6.45) is 0.759. The molecule has 6 rings (SSSR count). The molecule has 0 bridgehead atoms. The van der Waals surface area contributed by atoms with Gasteiger partial charge < -0.3 is 30.1 Å². The number of hydrogen-bond donors (Lipinski definition) is 4. The zero-order chi connectivity index (χ0) is 40.8. The lowest BCUT2D eigenvalue weighted by Crippen LogP contribution is -2.60. The smallest absolute Gasteiger partial charge is 0.405 e. The molecule has 56 heavy (non-hydrogen) atoms. The van der Waals surface area contributed by atoms with Crippen LogP contribution < -0.4 is 24.8 Å². The molecule has 0 spiro atoms. The number of rotatable bonds is 14. The maximum Gasteiger partial charge on any atom is 0.405 e. The third kappa shape index (κ3) is 8.62. The molecule has 5 atom stereocenters. The molecular formula is C41H51N5O9S. The molecule has 0 unspecified atom stereocenters. The molecule has 3 aliphatic rings. The van der Waals surface area contributed by atoms with Crippen molar-refractivity contribution in [1.29, 1.82) is 0 Å². The predicted molar refractivity (Wildman–Crippen MR) is 210 cm³/mol. The number of hydrogen-bond acceptors (Lipinski definition) is 9. The minimum atomic E-state index is -3.93. The van der Waals surface area contributed by atoms with Crippen LogP contribution >= 0.6 is 0 Å². The fourth-order valence-corrected chi connectivity index (χ4v) is 9.44. The van der Waals surface area contributed by atoms with E-state index in [1.165, 1.54) is 11.0 Å². The van der Waals surface area contributed by atoms with Crippen LogP contribution in [0, 0.1) is 16.7 Å². The molecule has 3 aromatic rings. The molecule has 2 aliphatic carbocycles. The third-order valence-corrected chi connectivity index (χ3v) is 12.5. The van der Waals surface area contributed by atoms with E-state index < -0.39 is 74.1 Å². The van der Waals surface area contributed by atoms with Gasteiger partial charge in [0.05, 0.1) is 30.1 Å². The maximum absolute atomic E-state index is 14.7. The first-order chi connectivity index (χ1) is 26.3. The molecule has 2 heterocycles. The van der Waals surface area contributed by atoms with Gasteiger partial charge in [-0.3, -0.25) is 19.1 Å². The van der Waals surface area contributed by atoms with E-state index >= 15 is 0 Å². The number of sulfonamides is 1. The van der Waals surface area contributed by atoms with Crippen LogP contribution in [-0.4, -0.2) is 89.9 Å². The molecular weight excluding hydrogens is 739 g/mol. The van der Waals surface area contributed by atoms with Crippen LogP contribution in [-0.2, 0) is 24.4 Å². The van der Waals surface area contributed by atoms with Crippen molar-refractivity contribution in [2.24, 2.45) is 16.7 Å². The zero-order valence-corrected chi connectivity index (χ0v) is 33.4. The molecule has 0 radical (unpaired) electrons. The van der Waals surface area contributed by atoms with Gasteiger partial charge in [-0.15, -0.1) is 6.58 Å². The maximum atomic E-state index is 14.7. The fourth-order valence-electron chi connectivity index (χ4n) is 8.08.